The Bertz CT molecular complexity index is 957. The van der Waals surface area contributed by atoms with E-state index in [2.05, 4.69) is 15.3 Å². The molecule has 0 saturated heterocycles. The van der Waals surface area contributed by atoms with Crippen molar-refractivity contribution in [2.75, 3.05) is 5.32 Å². The molecule has 3 aromatic rings. The second kappa shape index (κ2) is 5.76. The van der Waals surface area contributed by atoms with Gasteiger partial charge >= 0.3 is 5.69 Å². The van der Waals surface area contributed by atoms with Crippen LogP contribution in [0.25, 0.3) is 11.0 Å². The highest BCUT2D eigenvalue weighted by atomic mass is 16.6. The number of nitrogens with zero attached hydrogens (tertiary/aromatic N) is 1. The number of anilines is 1. The predicted octanol–water partition coefficient (Wildman–Crippen LogP) is 1.95. The highest BCUT2D eigenvalue weighted by Gasteiger charge is 2.15. The molecule has 0 aliphatic rings. The zero-order valence-electron chi connectivity index (χ0n) is 11.8. The van der Waals surface area contributed by atoms with E-state index in [0.717, 1.165) is 0 Å². The van der Waals surface area contributed by atoms with Crippen molar-refractivity contribution in [3.8, 4) is 0 Å². The molecule has 0 atom stereocenters. The number of carbonyl (C=O) groups excluding carboxylic acids is 1. The van der Waals surface area contributed by atoms with Gasteiger partial charge in [0, 0.05) is 17.3 Å². The molecular formula is C15H12N4O4. The standard InChI is InChI=1S/C15H12N4O4/c20-14(7-9-3-1-2-4-13(9)19(22)23)16-10-5-6-11-12(8-10)18-15(21)17-11/h1-6,8H,7H2,(H,16,20)(H2,17,18,21). The van der Waals surface area contributed by atoms with Crippen LogP contribution in [-0.2, 0) is 11.2 Å². The smallest absolute Gasteiger partial charge is 0.323 e. The monoisotopic (exact) mass is 312 g/mol. The molecule has 0 bridgehead atoms. The van der Waals surface area contributed by atoms with E-state index in [1.165, 1.54) is 6.07 Å². The molecular weight excluding hydrogens is 300 g/mol. The van der Waals surface area contributed by atoms with Crippen LogP contribution < -0.4 is 11.0 Å². The molecule has 8 heteroatoms. The quantitative estimate of drug-likeness (QED) is 0.503. The van der Waals surface area contributed by atoms with Gasteiger partial charge in [0.15, 0.2) is 0 Å². The minimum atomic E-state index is -0.515. The largest absolute Gasteiger partial charge is 0.326 e. The second-order valence-corrected chi connectivity index (χ2v) is 4.95. The van der Waals surface area contributed by atoms with Crippen LogP contribution in [0.4, 0.5) is 11.4 Å². The molecule has 0 aliphatic heterocycles. The number of aromatic amines is 2. The van der Waals surface area contributed by atoms with E-state index in [9.17, 15) is 19.7 Å². The maximum atomic E-state index is 12.1. The fourth-order valence-electron chi connectivity index (χ4n) is 2.33. The molecule has 3 N–H and O–H groups in total. The first-order valence-corrected chi connectivity index (χ1v) is 6.77. The molecule has 0 saturated carbocycles. The fraction of sp³-hybridized carbons (Fsp3) is 0.0667. The number of hydrogen-bond donors (Lipinski definition) is 3. The minimum absolute atomic E-state index is 0.0898. The number of nitro benzene ring substituents is 1. The third-order valence-corrected chi connectivity index (χ3v) is 3.34. The number of imidazole rings is 1. The Morgan fingerprint density at radius 2 is 1.87 bits per heavy atom. The number of nitro groups is 1. The molecule has 23 heavy (non-hydrogen) atoms. The Morgan fingerprint density at radius 1 is 1.13 bits per heavy atom. The van der Waals surface area contributed by atoms with Crippen LogP contribution in [0.2, 0.25) is 0 Å². The molecule has 0 fully saturated rings. The number of aromatic nitrogens is 2. The van der Waals surface area contributed by atoms with Crippen LogP contribution in [0, 0.1) is 10.1 Å². The third-order valence-electron chi connectivity index (χ3n) is 3.34. The highest BCUT2D eigenvalue weighted by Crippen LogP contribution is 2.19. The number of benzene rings is 2. The van der Waals surface area contributed by atoms with Gasteiger partial charge in [0.1, 0.15) is 0 Å². The lowest BCUT2D eigenvalue weighted by Gasteiger charge is -2.06. The zero-order valence-corrected chi connectivity index (χ0v) is 11.8. The van der Waals surface area contributed by atoms with E-state index in [1.54, 1.807) is 36.4 Å². The first kappa shape index (κ1) is 14.5. The predicted molar refractivity (Wildman–Crippen MR) is 84.3 cm³/mol. The minimum Gasteiger partial charge on any atom is -0.326 e. The van der Waals surface area contributed by atoms with Crippen molar-refractivity contribution in [2.24, 2.45) is 0 Å². The first-order valence-electron chi connectivity index (χ1n) is 6.77. The normalized spacial score (nSPS) is 10.6. The average Bonchev–Trinajstić information content (AvgIpc) is 2.86. The molecule has 116 valence electrons. The van der Waals surface area contributed by atoms with Crippen LogP contribution >= 0.6 is 0 Å². The van der Waals surface area contributed by atoms with Gasteiger partial charge in [-0.3, -0.25) is 14.9 Å². The van der Waals surface area contributed by atoms with Crippen LogP contribution in [0.5, 0.6) is 0 Å². The maximum absolute atomic E-state index is 12.1. The van der Waals surface area contributed by atoms with Gasteiger partial charge in [-0.2, -0.15) is 0 Å². The lowest BCUT2D eigenvalue weighted by atomic mass is 10.1. The summed E-state index contributed by atoms with van der Waals surface area (Å²) in [5, 5.41) is 13.6. The van der Waals surface area contributed by atoms with Crippen LogP contribution in [0.3, 0.4) is 0 Å². The Morgan fingerprint density at radius 3 is 2.65 bits per heavy atom. The van der Waals surface area contributed by atoms with Gasteiger partial charge in [0.25, 0.3) is 5.69 Å². The third kappa shape index (κ3) is 3.10. The molecule has 1 amide bonds. The van der Waals surface area contributed by atoms with Crippen LogP contribution in [-0.4, -0.2) is 20.8 Å². The number of carbonyl (C=O) groups is 1. The lowest BCUT2D eigenvalue weighted by Crippen LogP contribution is -2.15. The van der Waals surface area contributed by atoms with Crippen molar-refractivity contribution in [3.05, 3.63) is 68.6 Å². The van der Waals surface area contributed by atoms with Crippen molar-refractivity contribution >= 4 is 28.3 Å². The lowest BCUT2D eigenvalue weighted by molar-refractivity contribution is -0.385. The highest BCUT2D eigenvalue weighted by molar-refractivity contribution is 5.94. The summed E-state index contributed by atoms with van der Waals surface area (Å²) >= 11 is 0. The number of rotatable bonds is 4. The van der Waals surface area contributed by atoms with Crippen LogP contribution in [0.15, 0.2) is 47.3 Å². The number of para-hydroxylation sites is 1. The SMILES string of the molecule is O=C(Cc1ccccc1[N+](=O)[O-])Nc1ccc2[nH]c(=O)[nH]c2c1. The topological polar surface area (TPSA) is 121 Å². The van der Waals surface area contributed by atoms with Crippen molar-refractivity contribution in [3.63, 3.8) is 0 Å². The summed E-state index contributed by atoms with van der Waals surface area (Å²) in [6.45, 7) is 0. The molecule has 1 heterocycles. The van der Waals surface area contributed by atoms with Gasteiger partial charge in [-0.05, 0) is 18.2 Å². The van der Waals surface area contributed by atoms with E-state index >= 15 is 0 Å². The number of hydrogen-bond acceptors (Lipinski definition) is 4. The van der Waals surface area contributed by atoms with Crippen molar-refractivity contribution in [2.45, 2.75) is 6.42 Å². The van der Waals surface area contributed by atoms with Crippen molar-refractivity contribution < 1.29 is 9.72 Å². The summed E-state index contributed by atoms with van der Waals surface area (Å²) in [4.78, 5) is 38.9. The van der Waals surface area contributed by atoms with E-state index in [0.29, 0.717) is 22.3 Å². The van der Waals surface area contributed by atoms with E-state index < -0.39 is 4.92 Å². The number of amides is 1. The molecule has 0 spiro atoms. The Balaban J connectivity index is 1.78. The Hall–Kier alpha value is -3.42. The number of nitrogens with one attached hydrogen (secondary N) is 3. The maximum Gasteiger partial charge on any atom is 0.323 e. The second-order valence-electron chi connectivity index (χ2n) is 4.95. The summed E-state index contributed by atoms with van der Waals surface area (Å²) in [6, 6.07) is 11.0. The van der Waals surface area contributed by atoms with Gasteiger partial charge in [-0.25, -0.2) is 4.79 Å². The van der Waals surface area contributed by atoms with Crippen molar-refractivity contribution in [1.29, 1.82) is 0 Å². The summed E-state index contributed by atoms with van der Waals surface area (Å²) in [6.07, 6.45) is -0.112. The van der Waals surface area contributed by atoms with E-state index in [1.807, 2.05) is 0 Å². The summed E-state index contributed by atoms with van der Waals surface area (Å²) < 4.78 is 0. The molecule has 0 aliphatic carbocycles. The van der Waals surface area contributed by atoms with Gasteiger partial charge in [0.05, 0.1) is 22.4 Å². The van der Waals surface area contributed by atoms with Crippen molar-refractivity contribution in [1.82, 2.24) is 9.97 Å². The Kier molecular flexibility index (Phi) is 3.63. The zero-order chi connectivity index (χ0) is 16.4. The van der Waals surface area contributed by atoms with E-state index in [-0.39, 0.29) is 23.7 Å². The average molecular weight is 312 g/mol. The Labute approximate surface area is 129 Å². The molecule has 8 nitrogen and oxygen atoms in total. The summed E-state index contributed by atoms with van der Waals surface area (Å²) in [7, 11) is 0. The first-order chi connectivity index (χ1) is 11.0. The molecule has 1 aromatic heterocycles. The molecule has 0 radical (unpaired) electrons. The number of fused-ring (bicyclic) bond motifs is 1. The molecule has 3 rings (SSSR count). The van der Waals surface area contributed by atoms with Gasteiger partial charge in [-0.1, -0.05) is 18.2 Å². The summed E-state index contributed by atoms with van der Waals surface area (Å²) in [5.74, 6) is -0.378. The van der Waals surface area contributed by atoms with Crippen LogP contribution in [0.1, 0.15) is 5.56 Å². The van der Waals surface area contributed by atoms with Gasteiger partial charge < -0.3 is 15.3 Å². The van der Waals surface area contributed by atoms with Gasteiger partial charge in [-0.15, -0.1) is 0 Å². The molecule has 0 unspecified atom stereocenters. The number of H-pyrrole nitrogens is 2. The molecule has 2 aromatic carbocycles. The fourth-order valence-corrected chi connectivity index (χ4v) is 2.33. The van der Waals surface area contributed by atoms with Gasteiger partial charge in [0.2, 0.25) is 5.91 Å². The van der Waals surface area contributed by atoms with E-state index in [4.69, 9.17) is 0 Å². The summed E-state index contributed by atoms with van der Waals surface area (Å²) in [5.41, 5.74) is 1.61.